The zero-order valence-corrected chi connectivity index (χ0v) is 19.1. The summed E-state index contributed by atoms with van der Waals surface area (Å²) in [5.74, 6) is -0.114. The van der Waals surface area contributed by atoms with Crippen LogP contribution in [0, 0.1) is 6.92 Å². The third kappa shape index (κ3) is 4.88. The van der Waals surface area contributed by atoms with Gasteiger partial charge in [-0.2, -0.15) is 0 Å². The molecule has 32 heavy (non-hydrogen) atoms. The van der Waals surface area contributed by atoms with Gasteiger partial charge in [-0.05, 0) is 49.1 Å². The van der Waals surface area contributed by atoms with Gasteiger partial charge in [0.15, 0.2) is 9.84 Å². The molecule has 1 saturated carbocycles. The van der Waals surface area contributed by atoms with Gasteiger partial charge in [0.2, 0.25) is 0 Å². The number of urea groups is 1. The molecule has 170 valence electrons. The molecule has 8 nitrogen and oxygen atoms in total. The minimum Gasteiger partial charge on any atom is -0.335 e. The Morgan fingerprint density at radius 3 is 2.66 bits per heavy atom. The molecule has 1 aliphatic rings. The monoisotopic (exact) mass is 456 g/mol. The Morgan fingerprint density at radius 2 is 1.94 bits per heavy atom. The van der Waals surface area contributed by atoms with Crippen molar-refractivity contribution in [2.24, 2.45) is 0 Å². The predicted octanol–water partition coefficient (Wildman–Crippen LogP) is 3.60. The van der Waals surface area contributed by atoms with Crippen LogP contribution in [0.15, 0.2) is 41.5 Å². The van der Waals surface area contributed by atoms with Crippen LogP contribution in [0.3, 0.4) is 0 Å². The lowest BCUT2D eigenvalue weighted by atomic mass is 9.96. The van der Waals surface area contributed by atoms with Crippen molar-refractivity contribution in [1.29, 1.82) is 0 Å². The number of rotatable bonds is 5. The Morgan fingerprint density at radius 1 is 1.19 bits per heavy atom. The second kappa shape index (κ2) is 8.82. The number of nitrogens with zero attached hydrogens (tertiary/aromatic N) is 1. The van der Waals surface area contributed by atoms with Gasteiger partial charge in [-0.15, -0.1) is 0 Å². The Bertz CT molecular complexity index is 1320. The molecule has 0 aliphatic heterocycles. The van der Waals surface area contributed by atoms with Gasteiger partial charge in [0.1, 0.15) is 5.52 Å². The molecule has 4 rings (SSSR count). The molecule has 3 N–H and O–H groups in total. The summed E-state index contributed by atoms with van der Waals surface area (Å²) in [5, 5.41) is 5.98. The zero-order valence-electron chi connectivity index (χ0n) is 18.3. The van der Waals surface area contributed by atoms with Crippen LogP contribution in [0.4, 0.5) is 10.5 Å². The molecule has 0 radical (unpaired) electrons. The van der Waals surface area contributed by atoms with Crippen molar-refractivity contribution >= 4 is 27.1 Å². The van der Waals surface area contributed by atoms with E-state index in [0.717, 1.165) is 31.2 Å². The number of H-pyrrole nitrogens is 1. The average molecular weight is 457 g/mol. The second-order valence-corrected chi connectivity index (χ2v) is 10.7. The van der Waals surface area contributed by atoms with Crippen LogP contribution in [0.5, 0.6) is 0 Å². The Labute approximate surface area is 187 Å². The number of carbonyl (C=O) groups excluding carboxylic acids is 1. The lowest BCUT2D eigenvalue weighted by molar-refractivity contribution is 0.244. The third-order valence-electron chi connectivity index (χ3n) is 5.86. The van der Waals surface area contributed by atoms with Gasteiger partial charge in [0, 0.05) is 30.3 Å². The minimum atomic E-state index is -3.24. The van der Waals surface area contributed by atoms with Crippen molar-refractivity contribution in [3.63, 3.8) is 0 Å². The van der Waals surface area contributed by atoms with E-state index < -0.39 is 9.84 Å². The second-order valence-electron chi connectivity index (χ2n) is 8.60. The van der Waals surface area contributed by atoms with Gasteiger partial charge >= 0.3 is 6.03 Å². The maximum absolute atomic E-state index is 12.7. The van der Waals surface area contributed by atoms with E-state index in [1.165, 1.54) is 12.7 Å². The van der Waals surface area contributed by atoms with Crippen LogP contribution < -0.4 is 16.2 Å². The molecule has 0 saturated heterocycles. The highest BCUT2D eigenvalue weighted by Crippen LogP contribution is 2.32. The number of nitrogens with one attached hydrogen (secondary N) is 3. The molecular formula is C23H28N4O4S. The van der Waals surface area contributed by atoms with E-state index in [9.17, 15) is 18.0 Å². The molecule has 1 fully saturated rings. The molecule has 0 atom stereocenters. The fraction of sp³-hybridized carbons (Fsp3) is 0.391. The molecule has 9 heteroatoms. The van der Waals surface area contributed by atoms with Gasteiger partial charge in [0.05, 0.1) is 17.1 Å². The summed E-state index contributed by atoms with van der Waals surface area (Å²) in [6, 6.07) is 6.93. The minimum absolute atomic E-state index is 0.114. The maximum Gasteiger partial charge on any atom is 0.319 e. The van der Waals surface area contributed by atoms with E-state index in [4.69, 9.17) is 0 Å². The Hall–Kier alpha value is -3.07. The number of benzene rings is 1. The quantitative estimate of drug-likeness (QED) is 0.544. The fourth-order valence-corrected chi connectivity index (χ4v) is 5.24. The number of amides is 2. The number of sulfone groups is 1. The first-order valence-electron chi connectivity index (χ1n) is 10.8. The predicted molar refractivity (Wildman–Crippen MR) is 126 cm³/mol. The molecule has 2 amide bonds. The standard InChI is InChI=1S/C23H28N4O4S/c1-15-12-20(27-11-10-24-22(28)21(15)27)18-13-16(14-32(2,30)31)8-9-19(18)26-23(29)25-17-6-4-3-5-7-17/h8-13,17H,3-7,14H2,1-2H3,(H,24,28)(H2,25,26,29). The van der Waals surface area contributed by atoms with Crippen molar-refractivity contribution in [2.75, 3.05) is 11.6 Å². The van der Waals surface area contributed by atoms with Gasteiger partial charge in [-0.1, -0.05) is 25.3 Å². The number of hydrogen-bond acceptors (Lipinski definition) is 4. The lowest BCUT2D eigenvalue weighted by Gasteiger charge is -2.23. The molecule has 0 unspecified atom stereocenters. The first kappa shape index (κ1) is 22.1. The number of aryl methyl sites for hydroxylation is 1. The summed E-state index contributed by atoms with van der Waals surface area (Å²) >= 11 is 0. The largest absolute Gasteiger partial charge is 0.335 e. The number of anilines is 1. The lowest BCUT2D eigenvalue weighted by Crippen LogP contribution is -2.39. The molecule has 0 bridgehead atoms. The molecule has 3 aromatic rings. The van der Waals surface area contributed by atoms with Crippen molar-refractivity contribution < 1.29 is 13.2 Å². The van der Waals surface area contributed by atoms with Crippen LogP contribution >= 0.6 is 0 Å². The van der Waals surface area contributed by atoms with E-state index in [1.54, 1.807) is 35.0 Å². The highest BCUT2D eigenvalue weighted by Gasteiger charge is 2.19. The van der Waals surface area contributed by atoms with Crippen LogP contribution in [0.1, 0.15) is 43.2 Å². The maximum atomic E-state index is 12.7. The smallest absolute Gasteiger partial charge is 0.319 e. The first-order chi connectivity index (χ1) is 15.2. The average Bonchev–Trinajstić information content (AvgIpc) is 3.06. The molecule has 0 spiro atoms. The molecular weight excluding hydrogens is 428 g/mol. The van der Waals surface area contributed by atoms with Crippen molar-refractivity contribution in [1.82, 2.24) is 14.7 Å². The van der Waals surface area contributed by atoms with E-state index in [2.05, 4.69) is 15.6 Å². The van der Waals surface area contributed by atoms with Gasteiger partial charge in [-0.3, -0.25) is 4.79 Å². The van der Waals surface area contributed by atoms with Crippen molar-refractivity contribution in [3.8, 4) is 11.3 Å². The summed E-state index contributed by atoms with van der Waals surface area (Å²) in [5.41, 5.74) is 3.59. The molecule has 1 aromatic carbocycles. The third-order valence-corrected chi connectivity index (χ3v) is 6.72. The highest BCUT2D eigenvalue weighted by molar-refractivity contribution is 7.89. The molecule has 2 heterocycles. The van der Waals surface area contributed by atoms with Crippen molar-refractivity contribution in [2.45, 2.75) is 50.8 Å². The number of carbonyl (C=O) groups is 1. The Balaban J connectivity index is 1.75. The zero-order chi connectivity index (χ0) is 22.9. The van der Waals surface area contributed by atoms with Crippen LogP contribution in [0.25, 0.3) is 16.8 Å². The molecule has 1 aliphatic carbocycles. The van der Waals surface area contributed by atoms with Gasteiger partial charge in [-0.25, -0.2) is 13.2 Å². The van der Waals surface area contributed by atoms with E-state index in [1.807, 2.05) is 13.0 Å². The van der Waals surface area contributed by atoms with E-state index in [-0.39, 0.29) is 23.4 Å². The van der Waals surface area contributed by atoms with Gasteiger partial charge < -0.3 is 20.0 Å². The number of aromatic nitrogens is 2. The topological polar surface area (TPSA) is 113 Å². The van der Waals surface area contributed by atoms with Crippen molar-refractivity contribution in [3.05, 3.63) is 58.1 Å². The number of fused-ring (bicyclic) bond motifs is 1. The summed E-state index contributed by atoms with van der Waals surface area (Å²) in [4.78, 5) is 27.7. The normalized spacial score (nSPS) is 15.1. The van der Waals surface area contributed by atoms with E-state index >= 15 is 0 Å². The van der Waals surface area contributed by atoms with Crippen LogP contribution in [-0.4, -0.2) is 36.1 Å². The summed E-state index contributed by atoms with van der Waals surface area (Å²) in [6.45, 7) is 1.84. The molecule has 2 aromatic heterocycles. The summed E-state index contributed by atoms with van der Waals surface area (Å²) in [7, 11) is -3.24. The summed E-state index contributed by atoms with van der Waals surface area (Å²) < 4.78 is 25.5. The van der Waals surface area contributed by atoms with Crippen LogP contribution in [-0.2, 0) is 15.6 Å². The highest BCUT2D eigenvalue weighted by atomic mass is 32.2. The number of hydrogen-bond donors (Lipinski definition) is 3. The Kier molecular flexibility index (Phi) is 6.10. The first-order valence-corrected chi connectivity index (χ1v) is 12.9. The summed E-state index contributed by atoms with van der Waals surface area (Å²) in [6.07, 6.45) is 9.85. The van der Waals surface area contributed by atoms with Crippen LogP contribution in [0.2, 0.25) is 0 Å². The fourth-order valence-electron chi connectivity index (χ4n) is 4.46. The van der Waals surface area contributed by atoms with E-state index in [0.29, 0.717) is 28.0 Å². The number of aromatic amines is 1. The van der Waals surface area contributed by atoms with Gasteiger partial charge in [0.25, 0.3) is 5.56 Å². The SMILES string of the molecule is Cc1cc(-c2cc(CS(C)(=O)=O)ccc2NC(=O)NC2CCCCC2)n2cc[nH]c(=O)c12.